The van der Waals surface area contributed by atoms with Crippen molar-refractivity contribution < 1.29 is 0 Å². The molecule has 6 nitrogen and oxygen atoms in total. The van der Waals surface area contributed by atoms with Gasteiger partial charge in [-0.25, -0.2) is 15.0 Å². The number of aromatic nitrogens is 6. The normalized spacial score (nSPS) is 11.6. The number of rotatable bonds is 5. The van der Waals surface area contributed by atoms with Gasteiger partial charge in [0, 0.05) is 62.0 Å². The predicted octanol–water partition coefficient (Wildman–Crippen LogP) is 10.5. The molecule has 0 spiro atoms. The average Bonchev–Trinajstić information content (AvgIpc) is 3.72. The van der Waals surface area contributed by atoms with Crippen LogP contribution in [0.5, 0.6) is 0 Å². The van der Waals surface area contributed by atoms with Gasteiger partial charge in [0.05, 0.1) is 22.1 Å². The molecule has 0 aliphatic carbocycles. The number of hydrogen-bond donors (Lipinski definition) is 0. The largest absolute Gasteiger partial charge is 0.307 e. The molecule has 0 aliphatic rings. The highest BCUT2D eigenvalue weighted by molar-refractivity contribution is 6.23. The van der Waals surface area contributed by atoms with Crippen molar-refractivity contribution in [2.24, 2.45) is 0 Å². The molecule has 10 aromatic rings. The summed E-state index contributed by atoms with van der Waals surface area (Å²) in [5, 5.41) is 4.69. The fourth-order valence-electron chi connectivity index (χ4n) is 7.20. The van der Waals surface area contributed by atoms with Crippen LogP contribution in [0.3, 0.4) is 0 Å². The average molecular weight is 641 g/mol. The summed E-state index contributed by atoms with van der Waals surface area (Å²) in [7, 11) is 0. The zero-order valence-electron chi connectivity index (χ0n) is 26.8. The molecule has 0 amide bonds. The minimum Gasteiger partial charge on any atom is -0.307 e. The Labute approximate surface area is 287 Å². The summed E-state index contributed by atoms with van der Waals surface area (Å²) in [6, 6.07) is 54.6. The summed E-state index contributed by atoms with van der Waals surface area (Å²) in [6.45, 7) is 0. The van der Waals surface area contributed by atoms with Crippen LogP contribution in [0.15, 0.2) is 170 Å². The lowest BCUT2D eigenvalue weighted by Gasteiger charge is -2.13. The van der Waals surface area contributed by atoms with Gasteiger partial charge in [0.2, 0.25) is 0 Å². The maximum Gasteiger partial charge on any atom is 0.164 e. The van der Waals surface area contributed by atoms with Crippen molar-refractivity contribution in [1.82, 2.24) is 29.1 Å². The summed E-state index contributed by atoms with van der Waals surface area (Å²) in [5.74, 6) is 1.91. The van der Waals surface area contributed by atoms with Crippen LogP contribution < -0.4 is 0 Å². The Kier molecular flexibility index (Phi) is 6.39. The first-order chi connectivity index (χ1) is 24.8. The van der Waals surface area contributed by atoms with Crippen molar-refractivity contribution in [3.8, 4) is 45.5 Å². The van der Waals surface area contributed by atoms with Gasteiger partial charge in [-0.15, -0.1) is 0 Å². The van der Waals surface area contributed by atoms with E-state index in [9.17, 15) is 0 Å². The van der Waals surface area contributed by atoms with Crippen LogP contribution in [-0.2, 0) is 0 Å². The van der Waals surface area contributed by atoms with E-state index >= 15 is 0 Å². The molecule has 6 aromatic carbocycles. The maximum atomic E-state index is 4.96. The van der Waals surface area contributed by atoms with Gasteiger partial charge in [-0.1, -0.05) is 109 Å². The fourth-order valence-corrected chi connectivity index (χ4v) is 7.20. The monoisotopic (exact) mass is 640 g/mol. The summed E-state index contributed by atoms with van der Waals surface area (Å²) >= 11 is 0. The lowest BCUT2D eigenvalue weighted by Crippen LogP contribution is -2.01. The third-order valence-corrected chi connectivity index (χ3v) is 9.46. The van der Waals surface area contributed by atoms with Crippen LogP contribution >= 0.6 is 0 Å². The van der Waals surface area contributed by atoms with E-state index in [1.54, 1.807) is 0 Å². The van der Waals surface area contributed by atoms with E-state index in [0.717, 1.165) is 55.4 Å². The first kappa shape index (κ1) is 28.1. The first-order valence-corrected chi connectivity index (χ1v) is 16.7. The van der Waals surface area contributed by atoms with E-state index in [1.165, 1.54) is 16.3 Å². The minimum atomic E-state index is 0.627. The second kappa shape index (κ2) is 11.4. The van der Waals surface area contributed by atoms with Crippen molar-refractivity contribution in [3.05, 3.63) is 170 Å². The van der Waals surface area contributed by atoms with Gasteiger partial charge in [-0.05, 0) is 48.5 Å². The molecular weight excluding hydrogens is 613 g/mol. The van der Waals surface area contributed by atoms with Gasteiger partial charge in [0.1, 0.15) is 0 Å². The van der Waals surface area contributed by atoms with Crippen LogP contribution in [0, 0.1) is 0 Å². The third-order valence-electron chi connectivity index (χ3n) is 9.46. The highest BCUT2D eigenvalue weighted by Crippen LogP contribution is 2.41. The maximum absolute atomic E-state index is 4.96. The lowest BCUT2D eigenvalue weighted by atomic mass is 10.1. The molecule has 0 N–H and O–H groups in total. The van der Waals surface area contributed by atoms with Gasteiger partial charge in [0.25, 0.3) is 0 Å². The molecule has 0 aliphatic heterocycles. The van der Waals surface area contributed by atoms with Gasteiger partial charge in [-0.3, -0.25) is 4.98 Å². The van der Waals surface area contributed by atoms with E-state index in [4.69, 9.17) is 15.0 Å². The van der Waals surface area contributed by atoms with E-state index < -0.39 is 0 Å². The molecule has 0 fully saturated rings. The molecular formula is C44H28N6. The molecule has 0 radical (unpaired) electrons. The Morgan fingerprint density at radius 1 is 0.340 bits per heavy atom. The molecule has 0 unspecified atom stereocenters. The molecule has 0 bridgehead atoms. The number of hydrogen-bond acceptors (Lipinski definition) is 4. The van der Waals surface area contributed by atoms with E-state index in [2.05, 4.69) is 111 Å². The van der Waals surface area contributed by atoms with Crippen molar-refractivity contribution in [1.29, 1.82) is 0 Å². The first-order valence-electron chi connectivity index (χ1n) is 16.7. The molecule has 50 heavy (non-hydrogen) atoms. The summed E-state index contributed by atoms with van der Waals surface area (Å²) in [5.41, 5.74) is 9.53. The second-order valence-corrected chi connectivity index (χ2v) is 12.4. The summed E-state index contributed by atoms with van der Waals surface area (Å²) in [6.07, 6.45) is 3.85. The molecule has 0 saturated carbocycles. The standard InChI is InChI=1S/C44H28N6/c1-4-12-29(13-5-1)42-46-43(30-14-6-2-7-15-30)48-44(47-42)31-20-22-33(23-21-31)50-39-26-27-45-28-37(39)36-25-24-35-34-18-10-11-19-38(34)49(40(35)41(36)50)32-16-8-3-9-17-32/h1-28H. The van der Waals surface area contributed by atoms with Crippen LogP contribution in [0.25, 0.3) is 89.2 Å². The number of fused-ring (bicyclic) bond motifs is 7. The zero-order chi connectivity index (χ0) is 33.0. The Morgan fingerprint density at radius 3 is 1.40 bits per heavy atom. The quantitative estimate of drug-likeness (QED) is 0.188. The van der Waals surface area contributed by atoms with Crippen molar-refractivity contribution >= 4 is 43.6 Å². The van der Waals surface area contributed by atoms with Crippen molar-refractivity contribution in [2.75, 3.05) is 0 Å². The SMILES string of the molecule is c1ccc(-c2nc(-c3ccccc3)nc(-c3ccc(-n4c5ccncc5c5ccc6c7ccccc7n(-c7ccccc7)c6c54)cc3)n2)cc1. The summed E-state index contributed by atoms with van der Waals surface area (Å²) < 4.78 is 4.76. The van der Waals surface area contributed by atoms with Crippen LogP contribution in [0.1, 0.15) is 0 Å². The lowest BCUT2D eigenvalue weighted by molar-refractivity contribution is 1.07. The fraction of sp³-hybridized carbons (Fsp3) is 0. The summed E-state index contributed by atoms with van der Waals surface area (Å²) in [4.78, 5) is 19.3. The topological polar surface area (TPSA) is 61.4 Å². The van der Waals surface area contributed by atoms with Crippen LogP contribution in [0.4, 0.5) is 0 Å². The van der Waals surface area contributed by atoms with Crippen LogP contribution in [0.2, 0.25) is 0 Å². The molecule has 234 valence electrons. The number of benzene rings is 6. The van der Waals surface area contributed by atoms with E-state index in [0.29, 0.717) is 17.5 Å². The number of para-hydroxylation sites is 2. The molecule has 4 aromatic heterocycles. The van der Waals surface area contributed by atoms with E-state index in [-0.39, 0.29) is 0 Å². The Balaban J connectivity index is 1.21. The third kappa shape index (κ3) is 4.43. The Bertz CT molecular complexity index is 2780. The molecule has 10 rings (SSSR count). The van der Waals surface area contributed by atoms with Crippen molar-refractivity contribution in [2.45, 2.75) is 0 Å². The smallest absolute Gasteiger partial charge is 0.164 e. The second-order valence-electron chi connectivity index (χ2n) is 12.4. The van der Waals surface area contributed by atoms with Gasteiger partial charge in [0.15, 0.2) is 17.5 Å². The highest BCUT2D eigenvalue weighted by atomic mass is 15.1. The van der Waals surface area contributed by atoms with Gasteiger partial charge >= 0.3 is 0 Å². The Hall–Kier alpha value is -6.92. The number of pyridine rings is 1. The molecule has 6 heteroatoms. The molecule has 0 atom stereocenters. The Morgan fingerprint density at radius 2 is 0.800 bits per heavy atom. The van der Waals surface area contributed by atoms with Gasteiger partial charge in [-0.2, -0.15) is 0 Å². The predicted molar refractivity (Wildman–Crippen MR) is 203 cm³/mol. The zero-order valence-corrected chi connectivity index (χ0v) is 26.8. The number of nitrogens with zero attached hydrogens (tertiary/aromatic N) is 6. The van der Waals surface area contributed by atoms with Crippen LogP contribution in [-0.4, -0.2) is 29.1 Å². The minimum absolute atomic E-state index is 0.627. The molecule has 4 heterocycles. The van der Waals surface area contributed by atoms with E-state index in [1.807, 2.05) is 73.1 Å². The molecule has 0 saturated heterocycles. The highest BCUT2D eigenvalue weighted by Gasteiger charge is 2.21. The van der Waals surface area contributed by atoms with Crippen molar-refractivity contribution in [3.63, 3.8) is 0 Å². The van der Waals surface area contributed by atoms with Gasteiger partial charge < -0.3 is 9.13 Å².